The largest absolute Gasteiger partial charge is 0.391 e. The molecule has 3 aromatic rings. The number of nitrogens with zero attached hydrogens (tertiary/aromatic N) is 3. The number of aromatic nitrogens is 3. The van der Waals surface area contributed by atoms with Crippen LogP contribution in [0.25, 0.3) is 17.0 Å². The van der Waals surface area contributed by atoms with E-state index in [0.717, 1.165) is 48.1 Å². The third kappa shape index (κ3) is 3.50. The van der Waals surface area contributed by atoms with Crippen molar-refractivity contribution in [2.24, 2.45) is 0 Å². The van der Waals surface area contributed by atoms with Gasteiger partial charge >= 0.3 is 0 Å². The van der Waals surface area contributed by atoms with E-state index in [4.69, 9.17) is 0 Å². The number of fused-ring (bicyclic) bond motifs is 1. The Bertz CT molecular complexity index is 1070. The molecule has 0 aliphatic heterocycles. The lowest BCUT2D eigenvalue weighted by Gasteiger charge is -2.29. The summed E-state index contributed by atoms with van der Waals surface area (Å²) in [5.74, 6) is 0. The molecule has 0 bridgehead atoms. The summed E-state index contributed by atoms with van der Waals surface area (Å²) in [6.45, 7) is 5.86. The molecule has 0 saturated heterocycles. The monoisotopic (exact) mass is 375 g/mol. The van der Waals surface area contributed by atoms with Crippen molar-refractivity contribution in [3.05, 3.63) is 76.1 Å². The lowest BCUT2D eigenvalue weighted by Crippen LogP contribution is -2.34. The fourth-order valence-corrected chi connectivity index (χ4v) is 4.09. The van der Waals surface area contributed by atoms with Crippen molar-refractivity contribution in [1.29, 1.82) is 0 Å². The van der Waals surface area contributed by atoms with E-state index in [0.29, 0.717) is 17.3 Å². The summed E-state index contributed by atoms with van der Waals surface area (Å²) in [4.78, 5) is 22.2. The Kier molecular flexibility index (Phi) is 5.09. The van der Waals surface area contributed by atoms with Crippen LogP contribution in [0.1, 0.15) is 54.1 Å². The average Bonchev–Trinajstić information content (AvgIpc) is 2.70. The van der Waals surface area contributed by atoms with E-state index in [1.165, 1.54) is 0 Å². The molecule has 0 amide bonds. The SMILES string of the molecule is C=Cc1cc(Cc2ccc(C)nc2)cc2c(=O)n(C3CCCCC3O)cnc12. The maximum absolute atomic E-state index is 13.3. The normalized spacial score (nSPS) is 19.6. The summed E-state index contributed by atoms with van der Waals surface area (Å²) in [6.07, 6.45) is 8.94. The zero-order valence-electron chi connectivity index (χ0n) is 16.1. The first kappa shape index (κ1) is 18.6. The summed E-state index contributed by atoms with van der Waals surface area (Å²) < 4.78 is 1.62. The van der Waals surface area contributed by atoms with Crippen molar-refractivity contribution in [3.8, 4) is 0 Å². The molecule has 1 aromatic carbocycles. The molecule has 0 spiro atoms. The Labute approximate surface area is 164 Å². The molecule has 4 rings (SSSR count). The van der Waals surface area contributed by atoms with Crippen LogP contribution in [0.15, 0.2) is 48.2 Å². The third-order valence-corrected chi connectivity index (χ3v) is 5.63. The zero-order chi connectivity index (χ0) is 19.7. The average molecular weight is 375 g/mol. The smallest absolute Gasteiger partial charge is 0.261 e. The molecule has 2 unspecified atom stereocenters. The van der Waals surface area contributed by atoms with E-state index >= 15 is 0 Å². The number of pyridine rings is 1. The Balaban J connectivity index is 1.80. The van der Waals surface area contributed by atoms with Crippen LogP contribution in [0, 0.1) is 6.92 Å². The number of aliphatic hydroxyl groups is 1. The number of aryl methyl sites for hydroxylation is 1. The lowest BCUT2D eigenvalue weighted by molar-refractivity contribution is 0.0735. The summed E-state index contributed by atoms with van der Waals surface area (Å²) in [5.41, 5.74) is 4.50. The van der Waals surface area contributed by atoms with E-state index in [9.17, 15) is 9.90 Å². The molecule has 5 heteroatoms. The predicted octanol–water partition coefficient (Wildman–Crippen LogP) is 3.81. The molecule has 2 atom stereocenters. The Morgan fingerprint density at radius 1 is 1.21 bits per heavy atom. The summed E-state index contributed by atoms with van der Waals surface area (Å²) in [5, 5.41) is 11.0. The Morgan fingerprint density at radius 2 is 2.04 bits per heavy atom. The van der Waals surface area contributed by atoms with Crippen LogP contribution in [-0.2, 0) is 6.42 Å². The maximum atomic E-state index is 13.3. The molecular weight excluding hydrogens is 350 g/mol. The van der Waals surface area contributed by atoms with Gasteiger partial charge in [-0.3, -0.25) is 14.3 Å². The van der Waals surface area contributed by atoms with Gasteiger partial charge in [0.1, 0.15) is 0 Å². The summed E-state index contributed by atoms with van der Waals surface area (Å²) in [6, 6.07) is 7.80. The summed E-state index contributed by atoms with van der Waals surface area (Å²) in [7, 11) is 0. The molecule has 1 saturated carbocycles. The molecule has 2 aromatic heterocycles. The molecule has 2 heterocycles. The minimum atomic E-state index is -0.494. The predicted molar refractivity (Wildman–Crippen MR) is 111 cm³/mol. The topological polar surface area (TPSA) is 68.0 Å². The minimum Gasteiger partial charge on any atom is -0.391 e. The molecule has 1 N–H and O–H groups in total. The van der Waals surface area contributed by atoms with Gasteiger partial charge in [0.05, 0.1) is 29.4 Å². The second kappa shape index (κ2) is 7.68. The second-order valence-corrected chi connectivity index (χ2v) is 7.65. The van der Waals surface area contributed by atoms with Crippen LogP contribution < -0.4 is 5.56 Å². The summed E-state index contributed by atoms with van der Waals surface area (Å²) >= 11 is 0. The zero-order valence-corrected chi connectivity index (χ0v) is 16.1. The molecule has 28 heavy (non-hydrogen) atoms. The molecule has 5 nitrogen and oxygen atoms in total. The van der Waals surface area contributed by atoms with Crippen LogP contribution in [0.5, 0.6) is 0 Å². The van der Waals surface area contributed by atoms with Crippen molar-refractivity contribution in [2.75, 3.05) is 0 Å². The van der Waals surface area contributed by atoms with Gasteiger partial charge in [-0.05, 0) is 55.5 Å². The second-order valence-electron chi connectivity index (χ2n) is 7.65. The minimum absolute atomic E-state index is 0.0945. The molecule has 1 aliphatic rings. The van der Waals surface area contributed by atoms with E-state index in [1.807, 2.05) is 31.3 Å². The van der Waals surface area contributed by atoms with Crippen LogP contribution >= 0.6 is 0 Å². The number of benzene rings is 1. The van der Waals surface area contributed by atoms with Crippen LogP contribution in [0.4, 0.5) is 0 Å². The Hall–Kier alpha value is -2.79. The maximum Gasteiger partial charge on any atom is 0.261 e. The van der Waals surface area contributed by atoms with Crippen LogP contribution in [0.3, 0.4) is 0 Å². The Morgan fingerprint density at radius 3 is 2.75 bits per heavy atom. The van der Waals surface area contributed by atoms with E-state index in [1.54, 1.807) is 17.0 Å². The number of rotatable bonds is 4. The van der Waals surface area contributed by atoms with Crippen molar-refractivity contribution >= 4 is 17.0 Å². The van der Waals surface area contributed by atoms with Gasteiger partial charge in [-0.25, -0.2) is 4.98 Å². The van der Waals surface area contributed by atoms with E-state index in [-0.39, 0.29) is 11.6 Å². The van der Waals surface area contributed by atoms with Gasteiger partial charge in [0.15, 0.2) is 0 Å². The van der Waals surface area contributed by atoms with Crippen LogP contribution in [0.2, 0.25) is 0 Å². The quantitative estimate of drug-likeness (QED) is 0.753. The first-order valence-electron chi connectivity index (χ1n) is 9.82. The standard InChI is InChI=1S/C23H25N3O2/c1-3-18-11-17(10-16-9-8-15(2)24-13-16)12-19-22(18)25-14-26(23(19)28)20-6-4-5-7-21(20)27/h3,8-9,11-14,20-21,27H,1,4-7,10H2,2H3. The van der Waals surface area contributed by atoms with Gasteiger partial charge in [-0.15, -0.1) is 0 Å². The van der Waals surface area contributed by atoms with Crippen molar-refractivity contribution in [1.82, 2.24) is 14.5 Å². The highest BCUT2D eigenvalue weighted by Gasteiger charge is 2.26. The molecule has 1 aliphatic carbocycles. The number of hydrogen-bond donors (Lipinski definition) is 1. The fraction of sp³-hybridized carbons (Fsp3) is 0.348. The fourth-order valence-electron chi connectivity index (χ4n) is 4.09. The molecular formula is C23H25N3O2. The van der Waals surface area contributed by atoms with Gasteiger partial charge in [0, 0.05) is 17.5 Å². The lowest BCUT2D eigenvalue weighted by atomic mass is 9.92. The van der Waals surface area contributed by atoms with Gasteiger partial charge in [0.25, 0.3) is 5.56 Å². The highest BCUT2D eigenvalue weighted by molar-refractivity contribution is 5.87. The molecule has 1 fully saturated rings. The van der Waals surface area contributed by atoms with E-state index < -0.39 is 6.10 Å². The highest BCUT2D eigenvalue weighted by atomic mass is 16.3. The van der Waals surface area contributed by atoms with Crippen molar-refractivity contribution in [2.45, 2.75) is 51.2 Å². The third-order valence-electron chi connectivity index (χ3n) is 5.63. The van der Waals surface area contributed by atoms with Gasteiger partial charge in [-0.2, -0.15) is 0 Å². The van der Waals surface area contributed by atoms with E-state index in [2.05, 4.69) is 22.6 Å². The molecule has 144 valence electrons. The number of hydrogen-bond acceptors (Lipinski definition) is 4. The van der Waals surface area contributed by atoms with Crippen LogP contribution in [-0.4, -0.2) is 25.7 Å². The first-order chi connectivity index (χ1) is 13.6. The van der Waals surface area contributed by atoms with Gasteiger partial charge < -0.3 is 5.11 Å². The van der Waals surface area contributed by atoms with Crippen molar-refractivity contribution < 1.29 is 5.11 Å². The van der Waals surface area contributed by atoms with Gasteiger partial charge in [-0.1, -0.05) is 31.6 Å². The first-order valence-corrected chi connectivity index (χ1v) is 9.82. The molecule has 0 radical (unpaired) electrons. The van der Waals surface area contributed by atoms with Crippen molar-refractivity contribution in [3.63, 3.8) is 0 Å². The highest BCUT2D eigenvalue weighted by Crippen LogP contribution is 2.28. The number of aliphatic hydroxyl groups excluding tert-OH is 1. The van der Waals surface area contributed by atoms with Gasteiger partial charge in [0.2, 0.25) is 0 Å².